The van der Waals surface area contributed by atoms with Gasteiger partial charge >= 0.3 is 5.97 Å². The first kappa shape index (κ1) is 39.9. The maximum absolute atomic E-state index is 12.5. The first-order valence-electron chi connectivity index (χ1n) is 16.5. The van der Waals surface area contributed by atoms with Crippen LogP contribution in [0.1, 0.15) is 35.2 Å². The number of methoxy groups -OCH3 is 2. The number of amides is 1. The lowest BCUT2D eigenvalue weighted by molar-refractivity contribution is -0.384. The lowest BCUT2D eigenvalue weighted by atomic mass is 10.1. The van der Waals surface area contributed by atoms with Crippen LogP contribution in [0.4, 0.5) is 34.1 Å². The average molecular weight is 739 g/mol. The number of non-ortho nitro benzene ring substituents is 1. The summed E-state index contributed by atoms with van der Waals surface area (Å²) in [5.74, 6) is -0.413. The number of carboxylic acids is 1. The summed E-state index contributed by atoms with van der Waals surface area (Å²) >= 11 is 0. The predicted octanol–water partition coefficient (Wildman–Crippen LogP) is 8.72. The van der Waals surface area contributed by atoms with Crippen molar-refractivity contribution in [1.29, 1.82) is 0 Å². The van der Waals surface area contributed by atoms with Crippen LogP contribution in [0.5, 0.6) is 11.5 Å². The number of hydrogen-bond acceptors (Lipinski definition) is 13. The molecular formula is C36H38N10O8. The molecule has 18 nitrogen and oxygen atoms in total. The Bertz CT molecular complexity index is 2000. The number of nitrogens with zero attached hydrogens (tertiary/aromatic N) is 9. The number of anilines is 1. The smallest absolute Gasteiger partial charge is 0.335 e. The first-order valence-corrected chi connectivity index (χ1v) is 16.5. The van der Waals surface area contributed by atoms with Gasteiger partial charge in [0.05, 0.1) is 42.7 Å². The molecule has 0 spiro atoms. The van der Waals surface area contributed by atoms with Crippen molar-refractivity contribution in [3.8, 4) is 11.5 Å². The predicted molar refractivity (Wildman–Crippen MR) is 199 cm³/mol. The number of rotatable bonds is 20. The van der Waals surface area contributed by atoms with E-state index >= 15 is 0 Å². The Morgan fingerprint density at radius 2 is 1.48 bits per heavy atom. The van der Waals surface area contributed by atoms with Gasteiger partial charge in [-0.15, -0.1) is 10.2 Å². The van der Waals surface area contributed by atoms with Crippen LogP contribution < -0.4 is 19.7 Å². The largest absolute Gasteiger partial charge is 0.494 e. The number of carboxylic acid groups (broad SMARTS) is 1. The molecule has 1 amide bonds. The van der Waals surface area contributed by atoms with Crippen LogP contribution in [-0.2, 0) is 16.1 Å². The molecular weight excluding hydrogens is 700 g/mol. The van der Waals surface area contributed by atoms with E-state index in [1.807, 2.05) is 24.1 Å². The Morgan fingerprint density at radius 3 is 2.00 bits per heavy atom. The van der Waals surface area contributed by atoms with Crippen LogP contribution >= 0.6 is 0 Å². The number of nitro groups is 1. The molecule has 0 bridgehead atoms. The minimum Gasteiger partial charge on any atom is -0.494 e. The van der Waals surface area contributed by atoms with E-state index in [9.17, 15) is 19.7 Å². The molecule has 54 heavy (non-hydrogen) atoms. The standard InChI is InChI=1S/C36H38N10O8/c1-45(20-18-34(47)38-19-4-5-35(43-44-37)54-23-24-6-8-25(9-7-24)36(48)49)28-14-10-26(11-15-28)39-41-30-21-33(53-3)31(22-32(30)52-2)42-40-27-12-16-29(17-13-27)46(50)51/h6-17,21-22,35H,4-5,18-20,23H2,1-3H3,(H,38,47)(H,48,49)/b41-39+,42-40+. The van der Waals surface area contributed by atoms with Crippen molar-refractivity contribution in [2.24, 2.45) is 25.6 Å². The second-order valence-electron chi connectivity index (χ2n) is 11.5. The van der Waals surface area contributed by atoms with Gasteiger partial charge in [-0.25, -0.2) is 4.79 Å². The van der Waals surface area contributed by atoms with Crippen LogP contribution in [0.3, 0.4) is 0 Å². The number of aromatic carboxylic acids is 1. The third-order valence-corrected chi connectivity index (χ3v) is 7.83. The molecule has 0 radical (unpaired) electrons. The lowest BCUT2D eigenvalue weighted by Gasteiger charge is -2.19. The van der Waals surface area contributed by atoms with Gasteiger partial charge in [0.15, 0.2) is 0 Å². The van der Waals surface area contributed by atoms with Gasteiger partial charge in [-0.3, -0.25) is 14.9 Å². The topological polar surface area (TPSA) is 239 Å². The molecule has 4 rings (SSSR count). The Hall–Kier alpha value is -6.91. The summed E-state index contributed by atoms with van der Waals surface area (Å²) in [6.45, 7) is 0.985. The summed E-state index contributed by atoms with van der Waals surface area (Å²) < 4.78 is 16.6. The molecule has 18 heteroatoms. The molecule has 0 saturated heterocycles. The van der Waals surface area contributed by atoms with Gasteiger partial charge in [0.1, 0.15) is 29.1 Å². The monoisotopic (exact) mass is 738 g/mol. The molecule has 0 fully saturated rings. The molecule has 2 N–H and O–H groups in total. The highest BCUT2D eigenvalue weighted by Gasteiger charge is 2.13. The van der Waals surface area contributed by atoms with E-state index in [1.165, 1.54) is 50.6 Å². The third-order valence-electron chi connectivity index (χ3n) is 7.83. The number of nitro benzene ring substituents is 1. The number of ether oxygens (including phenoxy) is 3. The zero-order valence-corrected chi connectivity index (χ0v) is 29.7. The Labute approximate surface area is 309 Å². The van der Waals surface area contributed by atoms with E-state index in [-0.39, 0.29) is 30.2 Å². The number of nitrogens with one attached hydrogen (secondary N) is 1. The fraction of sp³-hybridized carbons (Fsp3) is 0.278. The van der Waals surface area contributed by atoms with Crippen LogP contribution in [0.25, 0.3) is 10.4 Å². The summed E-state index contributed by atoms with van der Waals surface area (Å²) in [6, 6.07) is 22.4. The second-order valence-corrected chi connectivity index (χ2v) is 11.5. The molecule has 4 aromatic rings. The number of carbonyl (C=O) groups excluding carboxylic acids is 1. The molecule has 0 aliphatic heterocycles. The van der Waals surface area contributed by atoms with Crippen molar-refractivity contribution in [2.45, 2.75) is 32.1 Å². The number of benzene rings is 4. The molecule has 280 valence electrons. The summed E-state index contributed by atoms with van der Waals surface area (Å²) in [6.07, 6.45) is 0.443. The zero-order chi connectivity index (χ0) is 38.9. The Balaban J connectivity index is 1.23. The number of azo groups is 2. The highest BCUT2D eigenvalue weighted by Crippen LogP contribution is 2.41. The summed E-state index contributed by atoms with van der Waals surface area (Å²) in [4.78, 5) is 38.7. The Morgan fingerprint density at radius 1 is 0.907 bits per heavy atom. The summed E-state index contributed by atoms with van der Waals surface area (Å²) in [5, 5.41) is 43.5. The molecule has 1 atom stereocenters. The molecule has 0 heterocycles. The van der Waals surface area contributed by atoms with Crippen LogP contribution in [-0.4, -0.2) is 62.5 Å². The van der Waals surface area contributed by atoms with Gasteiger partial charge in [-0.2, -0.15) is 10.2 Å². The van der Waals surface area contributed by atoms with Crippen LogP contribution in [0, 0.1) is 10.1 Å². The van der Waals surface area contributed by atoms with E-state index in [0.717, 1.165) is 11.3 Å². The van der Waals surface area contributed by atoms with E-state index in [1.54, 1.807) is 36.4 Å². The van der Waals surface area contributed by atoms with Crippen LogP contribution in [0.15, 0.2) is 111 Å². The maximum atomic E-state index is 12.5. The van der Waals surface area contributed by atoms with E-state index in [4.69, 9.17) is 24.8 Å². The van der Waals surface area contributed by atoms with Crippen molar-refractivity contribution in [3.63, 3.8) is 0 Å². The molecule has 0 saturated carbocycles. The van der Waals surface area contributed by atoms with E-state index in [2.05, 4.69) is 35.8 Å². The molecule has 0 aromatic heterocycles. The quantitative estimate of drug-likeness (QED) is 0.0220. The van der Waals surface area contributed by atoms with Gasteiger partial charge in [-0.1, -0.05) is 17.2 Å². The second kappa shape index (κ2) is 20.2. The first-order chi connectivity index (χ1) is 26.1. The van der Waals surface area contributed by atoms with Gasteiger partial charge < -0.3 is 29.5 Å². The number of carbonyl (C=O) groups is 2. The minimum atomic E-state index is -1.02. The third kappa shape index (κ3) is 12.1. The minimum absolute atomic E-state index is 0.0519. The molecule has 1 unspecified atom stereocenters. The van der Waals surface area contributed by atoms with Crippen molar-refractivity contribution < 1.29 is 33.8 Å². The SMILES string of the molecule is COc1cc(/N=N/c2ccc([N+](=O)[O-])cc2)c(OC)cc1/N=N/c1ccc(N(C)CCC(=O)NCCCC(N=[N+]=[N-])OCc2ccc(C(=O)O)cc2)cc1. The maximum Gasteiger partial charge on any atom is 0.335 e. The van der Waals surface area contributed by atoms with Crippen molar-refractivity contribution in [2.75, 3.05) is 39.3 Å². The Kier molecular flexibility index (Phi) is 14.9. The van der Waals surface area contributed by atoms with Crippen molar-refractivity contribution >= 4 is 46.0 Å². The highest BCUT2D eigenvalue weighted by molar-refractivity contribution is 5.87. The van der Waals surface area contributed by atoms with Crippen LogP contribution in [0.2, 0.25) is 0 Å². The molecule has 4 aromatic carbocycles. The van der Waals surface area contributed by atoms with Gasteiger partial charge in [-0.05, 0) is 72.5 Å². The molecule has 0 aliphatic rings. The van der Waals surface area contributed by atoms with E-state index < -0.39 is 17.1 Å². The molecule has 0 aliphatic carbocycles. The fourth-order valence-electron chi connectivity index (χ4n) is 4.82. The fourth-order valence-corrected chi connectivity index (χ4v) is 4.82. The van der Waals surface area contributed by atoms with Gasteiger partial charge in [0.2, 0.25) is 5.91 Å². The van der Waals surface area contributed by atoms with E-state index in [0.29, 0.717) is 60.2 Å². The van der Waals surface area contributed by atoms with Crippen molar-refractivity contribution in [1.82, 2.24) is 5.32 Å². The van der Waals surface area contributed by atoms with Gasteiger partial charge in [0, 0.05) is 61.4 Å². The summed E-state index contributed by atoms with van der Waals surface area (Å²) in [5.41, 5.74) is 12.4. The average Bonchev–Trinajstić information content (AvgIpc) is 3.19. The lowest BCUT2D eigenvalue weighted by Crippen LogP contribution is -2.29. The number of hydrogen-bond donors (Lipinski definition) is 2. The number of azide groups is 1. The summed E-state index contributed by atoms with van der Waals surface area (Å²) in [7, 11) is 4.83. The highest BCUT2D eigenvalue weighted by atomic mass is 16.6. The zero-order valence-electron chi connectivity index (χ0n) is 29.7. The normalized spacial score (nSPS) is 11.5. The van der Waals surface area contributed by atoms with Gasteiger partial charge in [0.25, 0.3) is 5.69 Å². The van der Waals surface area contributed by atoms with Crippen molar-refractivity contribution in [3.05, 3.63) is 117 Å².